The first kappa shape index (κ1) is 18.9. The van der Waals surface area contributed by atoms with Crippen LogP contribution in [0.2, 0.25) is 0 Å². The molecule has 29 heavy (non-hydrogen) atoms. The van der Waals surface area contributed by atoms with Crippen LogP contribution in [0.5, 0.6) is 0 Å². The summed E-state index contributed by atoms with van der Waals surface area (Å²) in [6, 6.07) is 21.1. The van der Waals surface area contributed by atoms with E-state index in [1.807, 2.05) is 60.4 Å². The summed E-state index contributed by atoms with van der Waals surface area (Å²) in [5.74, 6) is -0.317. The average molecular weight is 385 g/mol. The largest absolute Gasteiger partial charge is 0.336 e. The maximum atomic E-state index is 13.2. The summed E-state index contributed by atoms with van der Waals surface area (Å²) in [5.41, 5.74) is 3.89. The Bertz CT molecular complexity index is 1050. The van der Waals surface area contributed by atoms with Gasteiger partial charge in [-0.2, -0.15) is 0 Å². The Hall–Kier alpha value is -3.47. The van der Waals surface area contributed by atoms with E-state index in [-0.39, 0.29) is 23.6 Å². The number of nitrogens with zero attached hydrogens (tertiary/aromatic N) is 3. The van der Waals surface area contributed by atoms with Gasteiger partial charge in [-0.15, -0.1) is 0 Å². The predicted octanol–water partition coefficient (Wildman–Crippen LogP) is 3.95. The summed E-state index contributed by atoms with van der Waals surface area (Å²) in [6.45, 7) is 2.52. The molecule has 146 valence electrons. The zero-order valence-electron chi connectivity index (χ0n) is 16.6. The van der Waals surface area contributed by atoms with Crippen molar-refractivity contribution in [3.8, 4) is 0 Å². The number of benzene rings is 2. The lowest BCUT2D eigenvalue weighted by Gasteiger charge is -2.23. The predicted molar refractivity (Wildman–Crippen MR) is 113 cm³/mol. The van der Waals surface area contributed by atoms with Gasteiger partial charge in [0.15, 0.2) is 0 Å². The summed E-state index contributed by atoms with van der Waals surface area (Å²) in [5, 5.41) is 0. The van der Waals surface area contributed by atoms with E-state index in [1.54, 1.807) is 24.1 Å². The first-order chi connectivity index (χ1) is 14.0. The maximum absolute atomic E-state index is 13.2. The molecule has 0 N–H and O–H groups in total. The summed E-state index contributed by atoms with van der Waals surface area (Å²) >= 11 is 0. The van der Waals surface area contributed by atoms with Crippen molar-refractivity contribution in [2.24, 2.45) is 0 Å². The second-order valence-corrected chi connectivity index (χ2v) is 7.43. The van der Waals surface area contributed by atoms with E-state index >= 15 is 0 Å². The summed E-state index contributed by atoms with van der Waals surface area (Å²) < 4.78 is 0. The van der Waals surface area contributed by atoms with E-state index in [1.165, 1.54) is 11.8 Å². The molecule has 0 spiro atoms. The minimum Gasteiger partial charge on any atom is -0.336 e. The van der Waals surface area contributed by atoms with E-state index in [0.717, 1.165) is 17.7 Å². The molecule has 1 atom stereocenters. The molecule has 2 amide bonds. The fourth-order valence-electron chi connectivity index (χ4n) is 3.82. The number of para-hydroxylation sites is 1. The molecule has 4 rings (SSSR count). The molecule has 1 aliphatic heterocycles. The van der Waals surface area contributed by atoms with Crippen molar-refractivity contribution >= 4 is 17.5 Å². The van der Waals surface area contributed by atoms with Crippen molar-refractivity contribution < 1.29 is 9.59 Å². The van der Waals surface area contributed by atoms with Crippen LogP contribution in [0, 0.1) is 0 Å². The van der Waals surface area contributed by atoms with Crippen molar-refractivity contribution in [2.75, 3.05) is 11.9 Å². The Morgan fingerprint density at radius 2 is 1.79 bits per heavy atom. The first-order valence-electron chi connectivity index (χ1n) is 9.71. The van der Waals surface area contributed by atoms with Crippen LogP contribution in [-0.4, -0.2) is 34.8 Å². The summed E-state index contributed by atoms with van der Waals surface area (Å²) in [6.07, 6.45) is 2.36. The molecule has 0 saturated heterocycles. The van der Waals surface area contributed by atoms with Gasteiger partial charge in [-0.3, -0.25) is 14.6 Å². The second kappa shape index (κ2) is 7.87. The van der Waals surface area contributed by atoms with Gasteiger partial charge in [0.1, 0.15) is 5.69 Å². The smallest absolute Gasteiger partial charge is 0.272 e. The third-order valence-corrected chi connectivity index (χ3v) is 5.26. The molecule has 1 aromatic heterocycles. The monoisotopic (exact) mass is 385 g/mol. The van der Waals surface area contributed by atoms with Crippen LogP contribution in [-0.2, 0) is 13.0 Å². The minimum atomic E-state index is -0.210. The number of aromatic nitrogens is 1. The number of fused-ring (bicyclic) bond motifs is 1. The van der Waals surface area contributed by atoms with Crippen LogP contribution in [0.4, 0.5) is 5.69 Å². The van der Waals surface area contributed by atoms with Gasteiger partial charge in [-0.25, -0.2) is 0 Å². The molecule has 1 unspecified atom stereocenters. The van der Waals surface area contributed by atoms with E-state index < -0.39 is 0 Å². The van der Waals surface area contributed by atoms with Gasteiger partial charge >= 0.3 is 0 Å². The van der Waals surface area contributed by atoms with Gasteiger partial charge in [0.2, 0.25) is 0 Å². The lowest BCUT2D eigenvalue weighted by molar-refractivity contribution is 0.0779. The van der Waals surface area contributed by atoms with Crippen molar-refractivity contribution in [1.82, 2.24) is 9.88 Å². The van der Waals surface area contributed by atoms with E-state index in [4.69, 9.17) is 0 Å². The SMILES string of the molecule is CC1Cc2ccccc2N1C(=O)c1ccnc(C(=O)N(C)Cc2ccccc2)c1. The molecule has 3 aromatic rings. The highest BCUT2D eigenvalue weighted by Gasteiger charge is 2.31. The molecule has 5 nitrogen and oxygen atoms in total. The minimum absolute atomic E-state index is 0.0768. The zero-order valence-corrected chi connectivity index (χ0v) is 16.6. The van der Waals surface area contributed by atoms with Crippen LogP contribution in [0.1, 0.15) is 38.9 Å². The van der Waals surface area contributed by atoms with E-state index in [0.29, 0.717) is 12.1 Å². The number of pyridine rings is 1. The van der Waals surface area contributed by atoms with Gasteiger partial charge in [0.05, 0.1) is 0 Å². The fourth-order valence-corrected chi connectivity index (χ4v) is 3.82. The highest BCUT2D eigenvalue weighted by atomic mass is 16.2. The summed E-state index contributed by atoms with van der Waals surface area (Å²) in [4.78, 5) is 33.7. The number of amides is 2. The molecular formula is C24H23N3O2. The summed E-state index contributed by atoms with van der Waals surface area (Å²) in [7, 11) is 1.74. The van der Waals surface area contributed by atoms with Gasteiger partial charge in [0, 0.05) is 37.1 Å². The Balaban J connectivity index is 1.56. The molecule has 5 heteroatoms. The van der Waals surface area contributed by atoms with Crippen LogP contribution in [0.15, 0.2) is 72.9 Å². The fraction of sp³-hybridized carbons (Fsp3) is 0.208. The first-order valence-corrected chi connectivity index (χ1v) is 9.71. The van der Waals surface area contributed by atoms with Crippen LogP contribution in [0.3, 0.4) is 0 Å². The Kier molecular flexibility index (Phi) is 5.12. The number of rotatable bonds is 4. The molecule has 0 saturated carbocycles. The Morgan fingerprint density at radius 1 is 1.07 bits per heavy atom. The zero-order chi connectivity index (χ0) is 20.4. The highest BCUT2D eigenvalue weighted by Crippen LogP contribution is 2.33. The van der Waals surface area contributed by atoms with E-state index in [2.05, 4.69) is 11.1 Å². The normalized spacial score (nSPS) is 15.1. The van der Waals surface area contributed by atoms with Crippen molar-refractivity contribution in [3.05, 3.63) is 95.3 Å². The van der Waals surface area contributed by atoms with Gasteiger partial charge in [-0.05, 0) is 42.7 Å². The Morgan fingerprint density at radius 3 is 2.59 bits per heavy atom. The van der Waals surface area contributed by atoms with Crippen molar-refractivity contribution in [3.63, 3.8) is 0 Å². The van der Waals surface area contributed by atoms with Crippen LogP contribution < -0.4 is 4.90 Å². The number of hydrogen-bond acceptors (Lipinski definition) is 3. The van der Waals surface area contributed by atoms with Gasteiger partial charge in [0.25, 0.3) is 11.8 Å². The topological polar surface area (TPSA) is 53.5 Å². The van der Waals surface area contributed by atoms with Crippen molar-refractivity contribution in [1.29, 1.82) is 0 Å². The molecule has 0 fully saturated rings. The molecule has 2 aromatic carbocycles. The van der Waals surface area contributed by atoms with Gasteiger partial charge < -0.3 is 9.80 Å². The molecule has 2 heterocycles. The number of carbonyl (C=O) groups excluding carboxylic acids is 2. The lowest BCUT2D eigenvalue weighted by Crippen LogP contribution is -2.36. The molecule has 0 bridgehead atoms. The Labute approximate surface area is 170 Å². The maximum Gasteiger partial charge on any atom is 0.272 e. The quantitative estimate of drug-likeness (QED) is 0.683. The molecule has 0 aliphatic carbocycles. The third-order valence-electron chi connectivity index (χ3n) is 5.26. The third kappa shape index (κ3) is 3.76. The average Bonchev–Trinajstić information content (AvgIpc) is 3.09. The lowest BCUT2D eigenvalue weighted by atomic mass is 10.1. The van der Waals surface area contributed by atoms with Crippen molar-refractivity contribution in [2.45, 2.75) is 25.9 Å². The molecule has 0 radical (unpaired) electrons. The number of carbonyl (C=O) groups is 2. The standard InChI is InChI=1S/C24H23N3O2/c1-17-14-19-10-6-7-11-22(19)27(17)23(28)20-12-13-25-21(15-20)24(29)26(2)16-18-8-4-3-5-9-18/h3-13,15,17H,14,16H2,1-2H3. The van der Waals surface area contributed by atoms with Gasteiger partial charge in [-0.1, -0.05) is 48.5 Å². The van der Waals surface area contributed by atoms with Crippen LogP contribution in [0.25, 0.3) is 0 Å². The molecule has 1 aliphatic rings. The highest BCUT2D eigenvalue weighted by molar-refractivity contribution is 6.08. The molecular weight excluding hydrogens is 362 g/mol. The number of hydrogen-bond donors (Lipinski definition) is 0. The van der Waals surface area contributed by atoms with E-state index in [9.17, 15) is 9.59 Å². The second-order valence-electron chi connectivity index (χ2n) is 7.43. The number of anilines is 1. The van der Waals surface area contributed by atoms with Crippen LogP contribution >= 0.6 is 0 Å².